The number of hydrogen-bond acceptors (Lipinski definition) is 6. The lowest BCUT2D eigenvalue weighted by Gasteiger charge is -2.08. The van der Waals surface area contributed by atoms with Crippen LogP contribution in [-0.2, 0) is 23.8 Å². The summed E-state index contributed by atoms with van der Waals surface area (Å²) in [6.07, 6.45) is 4.90. The van der Waals surface area contributed by atoms with E-state index in [9.17, 15) is 14.4 Å². The first-order chi connectivity index (χ1) is 11.5. The second-order valence-electron chi connectivity index (χ2n) is 4.78. The van der Waals surface area contributed by atoms with E-state index < -0.39 is 11.9 Å². The van der Waals surface area contributed by atoms with Crippen molar-refractivity contribution in [3.8, 4) is 0 Å². The Bertz CT molecular complexity index is 616. The largest absolute Gasteiger partial charge is 0.462 e. The van der Waals surface area contributed by atoms with Crippen molar-refractivity contribution < 1.29 is 28.6 Å². The number of carbonyl (C=O) groups is 3. The fourth-order valence-electron chi connectivity index (χ4n) is 1.57. The van der Waals surface area contributed by atoms with E-state index in [4.69, 9.17) is 14.2 Å². The monoisotopic (exact) mass is 332 g/mol. The molecule has 0 aliphatic heterocycles. The molecular weight excluding hydrogens is 312 g/mol. The van der Waals surface area contributed by atoms with Crippen molar-refractivity contribution >= 4 is 17.9 Å². The van der Waals surface area contributed by atoms with E-state index >= 15 is 0 Å². The molecule has 0 saturated carbocycles. The molecule has 0 unspecified atom stereocenters. The quantitative estimate of drug-likeness (QED) is 0.413. The van der Waals surface area contributed by atoms with E-state index in [1.165, 1.54) is 13.8 Å². The highest BCUT2D eigenvalue weighted by Gasteiger charge is 2.08. The fourth-order valence-corrected chi connectivity index (χ4v) is 1.57. The summed E-state index contributed by atoms with van der Waals surface area (Å²) in [4.78, 5) is 33.5. The topological polar surface area (TPSA) is 78.9 Å². The molecule has 0 aliphatic rings. The molecule has 0 saturated heterocycles. The van der Waals surface area contributed by atoms with Crippen LogP contribution in [0.1, 0.15) is 24.2 Å². The van der Waals surface area contributed by atoms with Gasteiger partial charge in [0.15, 0.2) is 0 Å². The van der Waals surface area contributed by atoms with Crippen molar-refractivity contribution in [1.82, 2.24) is 0 Å². The van der Waals surface area contributed by atoms with Crippen molar-refractivity contribution in [2.24, 2.45) is 0 Å². The van der Waals surface area contributed by atoms with Crippen LogP contribution < -0.4 is 0 Å². The fraction of sp³-hybridized carbons (Fsp3) is 0.278. The van der Waals surface area contributed by atoms with Crippen molar-refractivity contribution in [2.75, 3.05) is 19.8 Å². The second-order valence-corrected chi connectivity index (χ2v) is 4.78. The normalized spacial score (nSPS) is 11.2. The van der Waals surface area contributed by atoms with Gasteiger partial charge in [0.25, 0.3) is 0 Å². The molecule has 6 nitrogen and oxygen atoms in total. The average molecular weight is 332 g/mol. The van der Waals surface area contributed by atoms with Gasteiger partial charge < -0.3 is 14.2 Å². The molecule has 0 aromatic heterocycles. The third kappa shape index (κ3) is 8.53. The Labute approximate surface area is 140 Å². The molecule has 1 rings (SSSR count). The van der Waals surface area contributed by atoms with E-state index in [-0.39, 0.29) is 25.8 Å². The first kappa shape index (κ1) is 19.2. The van der Waals surface area contributed by atoms with Gasteiger partial charge >= 0.3 is 17.9 Å². The number of ether oxygens (including phenoxy) is 3. The van der Waals surface area contributed by atoms with Gasteiger partial charge in [-0.3, -0.25) is 9.59 Å². The van der Waals surface area contributed by atoms with Crippen molar-refractivity contribution in [3.05, 3.63) is 59.7 Å². The maximum Gasteiger partial charge on any atom is 0.338 e. The first-order valence-electron chi connectivity index (χ1n) is 7.32. The molecule has 0 N–H and O–H groups in total. The molecule has 0 amide bonds. The van der Waals surface area contributed by atoms with Gasteiger partial charge in [-0.2, -0.15) is 0 Å². The van der Waals surface area contributed by atoms with Crippen LogP contribution in [0.25, 0.3) is 0 Å². The van der Waals surface area contributed by atoms with Gasteiger partial charge in [0.05, 0.1) is 5.56 Å². The van der Waals surface area contributed by atoms with Crippen LogP contribution in [-0.4, -0.2) is 37.7 Å². The van der Waals surface area contributed by atoms with Crippen molar-refractivity contribution in [2.45, 2.75) is 13.8 Å². The number of esters is 3. The molecule has 1 aromatic carbocycles. The molecule has 128 valence electrons. The Kier molecular flexibility index (Phi) is 8.60. The molecule has 1 aromatic rings. The minimum absolute atomic E-state index is 0.00923. The van der Waals surface area contributed by atoms with Crippen LogP contribution >= 0.6 is 0 Å². The zero-order valence-corrected chi connectivity index (χ0v) is 13.7. The zero-order chi connectivity index (χ0) is 17.8. The summed E-state index contributed by atoms with van der Waals surface area (Å²) in [5.74, 6) is -1.27. The van der Waals surface area contributed by atoms with E-state index in [0.29, 0.717) is 11.1 Å². The standard InChI is InChI=1S/C18H20O6/c1-14(19)22-11-7-6-8-16(12-23-15(2)20)13-24-18(21)17-9-4-3-5-10-17/h3-10H,11-13H2,1-2H3/b7-6-,16-8+. The highest BCUT2D eigenvalue weighted by atomic mass is 16.5. The smallest absolute Gasteiger partial charge is 0.338 e. The van der Waals surface area contributed by atoms with Gasteiger partial charge in [-0.15, -0.1) is 0 Å². The number of benzene rings is 1. The number of carbonyl (C=O) groups excluding carboxylic acids is 3. The summed E-state index contributed by atoms with van der Waals surface area (Å²) in [7, 11) is 0. The average Bonchev–Trinajstić information content (AvgIpc) is 2.56. The van der Waals surface area contributed by atoms with E-state index in [1.807, 2.05) is 0 Å². The van der Waals surface area contributed by atoms with E-state index in [1.54, 1.807) is 48.6 Å². The minimum Gasteiger partial charge on any atom is -0.462 e. The Hall–Kier alpha value is -2.89. The lowest BCUT2D eigenvalue weighted by atomic mass is 10.2. The van der Waals surface area contributed by atoms with Crippen LogP contribution in [0.2, 0.25) is 0 Å². The molecule has 24 heavy (non-hydrogen) atoms. The summed E-state index contributed by atoms with van der Waals surface area (Å²) in [6, 6.07) is 8.58. The molecule has 6 heteroatoms. The van der Waals surface area contributed by atoms with Crippen molar-refractivity contribution in [3.63, 3.8) is 0 Å². The van der Waals surface area contributed by atoms with E-state index in [2.05, 4.69) is 0 Å². The van der Waals surface area contributed by atoms with Gasteiger partial charge in [0.1, 0.15) is 19.8 Å². The summed E-state index contributed by atoms with van der Waals surface area (Å²) in [5, 5.41) is 0. The molecular formula is C18H20O6. The molecule has 0 fully saturated rings. The predicted molar refractivity (Wildman–Crippen MR) is 87.2 cm³/mol. The Morgan fingerprint density at radius 1 is 0.917 bits per heavy atom. The number of hydrogen-bond donors (Lipinski definition) is 0. The predicted octanol–water partition coefficient (Wildman–Crippen LogP) is 2.45. The molecule has 0 spiro atoms. The Morgan fingerprint density at radius 3 is 2.17 bits per heavy atom. The molecule has 0 atom stereocenters. The third-order valence-corrected chi connectivity index (χ3v) is 2.71. The second kappa shape index (κ2) is 10.8. The number of allylic oxidation sites excluding steroid dienone is 2. The van der Waals surface area contributed by atoms with Gasteiger partial charge in [-0.25, -0.2) is 4.79 Å². The summed E-state index contributed by atoms with van der Waals surface area (Å²) in [6.45, 7) is 2.74. The highest BCUT2D eigenvalue weighted by molar-refractivity contribution is 5.89. The van der Waals surface area contributed by atoms with Crippen LogP contribution in [0.4, 0.5) is 0 Å². The van der Waals surface area contributed by atoms with E-state index in [0.717, 1.165) is 0 Å². The summed E-state index contributed by atoms with van der Waals surface area (Å²) >= 11 is 0. The van der Waals surface area contributed by atoms with Gasteiger partial charge in [0, 0.05) is 19.4 Å². The molecule has 0 radical (unpaired) electrons. The van der Waals surface area contributed by atoms with Crippen LogP contribution in [0.5, 0.6) is 0 Å². The van der Waals surface area contributed by atoms with Crippen LogP contribution in [0, 0.1) is 0 Å². The summed E-state index contributed by atoms with van der Waals surface area (Å²) in [5.41, 5.74) is 1.03. The lowest BCUT2D eigenvalue weighted by molar-refractivity contribution is -0.140. The van der Waals surface area contributed by atoms with Gasteiger partial charge in [0.2, 0.25) is 0 Å². The van der Waals surface area contributed by atoms with Gasteiger partial charge in [-0.1, -0.05) is 30.4 Å². The number of rotatable bonds is 8. The van der Waals surface area contributed by atoms with Crippen molar-refractivity contribution in [1.29, 1.82) is 0 Å². The van der Waals surface area contributed by atoms with Crippen LogP contribution in [0.15, 0.2) is 54.1 Å². The SMILES string of the molecule is CC(=O)OC/C=C\C=C(/COC(C)=O)COC(=O)c1ccccc1. The highest BCUT2D eigenvalue weighted by Crippen LogP contribution is 2.05. The Balaban J connectivity index is 2.59. The minimum atomic E-state index is -0.465. The zero-order valence-electron chi connectivity index (χ0n) is 13.7. The Morgan fingerprint density at radius 2 is 1.54 bits per heavy atom. The van der Waals surface area contributed by atoms with Crippen LogP contribution in [0.3, 0.4) is 0 Å². The maximum atomic E-state index is 11.9. The molecule has 0 aliphatic carbocycles. The maximum absolute atomic E-state index is 11.9. The molecule has 0 bridgehead atoms. The lowest BCUT2D eigenvalue weighted by Crippen LogP contribution is -2.12. The third-order valence-electron chi connectivity index (χ3n) is 2.71. The van der Waals surface area contributed by atoms with Gasteiger partial charge in [-0.05, 0) is 18.2 Å². The summed E-state index contributed by atoms with van der Waals surface area (Å²) < 4.78 is 14.9. The first-order valence-corrected chi connectivity index (χ1v) is 7.32. The molecule has 0 heterocycles.